The van der Waals surface area contributed by atoms with Gasteiger partial charge in [0.15, 0.2) is 11.5 Å². The molecule has 1 atom stereocenters. The van der Waals surface area contributed by atoms with Gasteiger partial charge in [0, 0.05) is 18.9 Å². The summed E-state index contributed by atoms with van der Waals surface area (Å²) in [5, 5.41) is 5.29. The quantitative estimate of drug-likeness (QED) is 0.148. The van der Waals surface area contributed by atoms with Gasteiger partial charge in [-0.1, -0.05) is 46.1 Å². The fourth-order valence-corrected chi connectivity index (χ4v) is 4.95. The second-order valence-electron chi connectivity index (χ2n) is 9.48. The fourth-order valence-electron chi connectivity index (χ4n) is 4.30. The van der Waals surface area contributed by atoms with Crippen LogP contribution in [0.1, 0.15) is 30.1 Å². The molecular formula is C28H28ClF4N4O3S+. The van der Waals surface area contributed by atoms with Crippen LogP contribution in [0, 0.1) is 11.7 Å². The van der Waals surface area contributed by atoms with Gasteiger partial charge in [-0.2, -0.15) is 27.7 Å². The first-order valence-electron chi connectivity index (χ1n) is 12.8. The Labute approximate surface area is 241 Å². The lowest BCUT2D eigenvalue weighted by atomic mass is 9.94. The Morgan fingerprint density at radius 1 is 0.976 bits per heavy atom. The van der Waals surface area contributed by atoms with E-state index in [1.807, 2.05) is 30.3 Å². The standard InChI is InChI=1S/C18H19ClF4N4O.C10H8O2S/c19-13-7-12(1-2-14(13)20)9-16-25-15(8-11-3-5-24-6-4-11)26-17(27-16)28-10-18(21,22)23;11-13(12)10-6-5-8-3-1-2-4-9(8)7-10/h1-2,7,11,24H,3-6,8-10H2;1-7H,(H,11,12)/p+1. The van der Waals surface area contributed by atoms with Crippen LogP contribution in [0.25, 0.3) is 10.8 Å². The molecule has 0 radical (unpaired) electrons. The minimum absolute atomic E-state index is 0.0463. The summed E-state index contributed by atoms with van der Waals surface area (Å²) in [5.74, 6) is 0.426. The molecule has 7 nitrogen and oxygen atoms in total. The van der Waals surface area contributed by atoms with Gasteiger partial charge in [0.05, 0.1) is 5.02 Å². The van der Waals surface area contributed by atoms with Gasteiger partial charge < -0.3 is 10.1 Å². The summed E-state index contributed by atoms with van der Waals surface area (Å²) in [4.78, 5) is 12.9. The van der Waals surface area contributed by atoms with Crippen LogP contribution in [0.15, 0.2) is 65.6 Å². The summed E-state index contributed by atoms with van der Waals surface area (Å²) in [6.07, 6.45) is -1.92. The molecular weight excluding hydrogens is 584 g/mol. The van der Waals surface area contributed by atoms with Gasteiger partial charge in [-0.05, 0) is 72.5 Å². The molecule has 5 rings (SSSR count). The third-order valence-corrected chi connectivity index (χ3v) is 7.31. The van der Waals surface area contributed by atoms with Crippen molar-refractivity contribution in [2.75, 3.05) is 19.7 Å². The molecule has 1 aromatic heterocycles. The van der Waals surface area contributed by atoms with E-state index in [-0.39, 0.29) is 23.3 Å². The van der Waals surface area contributed by atoms with Crippen molar-refractivity contribution in [2.24, 2.45) is 5.92 Å². The highest BCUT2D eigenvalue weighted by atomic mass is 35.5. The molecule has 2 N–H and O–H groups in total. The number of alkyl halides is 3. The van der Waals surface area contributed by atoms with Crippen LogP contribution in [0.2, 0.25) is 5.02 Å². The molecule has 1 aliphatic heterocycles. The fraction of sp³-hybridized carbons (Fsp3) is 0.321. The summed E-state index contributed by atoms with van der Waals surface area (Å²) in [6.45, 7) is 0.286. The van der Waals surface area contributed by atoms with E-state index in [1.54, 1.807) is 12.1 Å². The Morgan fingerprint density at radius 2 is 1.68 bits per heavy atom. The highest BCUT2D eigenvalue weighted by Crippen LogP contribution is 2.22. The molecule has 218 valence electrons. The van der Waals surface area contributed by atoms with Crippen LogP contribution >= 0.6 is 11.6 Å². The van der Waals surface area contributed by atoms with E-state index < -0.39 is 29.7 Å². The maximum absolute atomic E-state index is 13.3. The van der Waals surface area contributed by atoms with Gasteiger partial charge in [-0.25, -0.2) is 9.37 Å². The van der Waals surface area contributed by atoms with Crippen LogP contribution in [-0.4, -0.2) is 45.4 Å². The number of thiol groups is 1. The Morgan fingerprint density at radius 3 is 2.37 bits per heavy atom. The van der Waals surface area contributed by atoms with Crippen LogP contribution in [-0.2, 0) is 28.1 Å². The Bertz CT molecular complexity index is 1500. The Balaban J connectivity index is 0.000000247. The molecule has 0 amide bonds. The zero-order chi connectivity index (χ0) is 29.4. The average Bonchev–Trinajstić information content (AvgIpc) is 2.94. The van der Waals surface area contributed by atoms with Crippen LogP contribution in [0.4, 0.5) is 17.6 Å². The first-order valence-corrected chi connectivity index (χ1v) is 14.4. The van der Waals surface area contributed by atoms with Crippen LogP contribution < -0.4 is 10.1 Å². The molecule has 4 aromatic rings. The lowest BCUT2D eigenvalue weighted by Crippen LogP contribution is -2.29. The number of halogens is 5. The highest BCUT2D eigenvalue weighted by Gasteiger charge is 2.29. The van der Waals surface area contributed by atoms with E-state index in [2.05, 4.69) is 20.3 Å². The molecule has 41 heavy (non-hydrogen) atoms. The number of ether oxygens (including phenoxy) is 1. The van der Waals surface area contributed by atoms with Crippen molar-refractivity contribution in [3.05, 3.63) is 88.7 Å². The first kappa shape index (κ1) is 30.8. The van der Waals surface area contributed by atoms with Crippen LogP contribution in [0.3, 0.4) is 0 Å². The SMILES string of the molecule is Fc1ccc(Cc2nc(CC3CCNCC3)nc(OCC(F)(F)F)n2)cc1Cl.O=[SH+](O)c1ccc2ccccc2c1. The minimum atomic E-state index is -4.49. The summed E-state index contributed by atoms with van der Waals surface area (Å²) >= 11 is 3.57. The molecule has 1 fully saturated rings. The summed E-state index contributed by atoms with van der Waals surface area (Å²) < 4.78 is 75.2. The van der Waals surface area contributed by atoms with Gasteiger partial charge in [-0.3, -0.25) is 0 Å². The predicted octanol–water partition coefficient (Wildman–Crippen LogP) is 6.11. The van der Waals surface area contributed by atoms with Crippen molar-refractivity contribution >= 4 is 33.5 Å². The highest BCUT2D eigenvalue weighted by molar-refractivity contribution is 7.79. The van der Waals surface area contributed by atoms with Crippen molar-refractivity contribution in [1.82, 2.24) is 20.3 Å². The summed E-state index contributed by atoms with van der Waals surface area (Å²) in [5.41, 5.74) is 0.632. The molecule has 0 bridgehead atoms. The van der Waals surface area contributed by atoms with Crippen molar-refractivity contribution < 1.29 is 31.1 Å². The average molecular weight is 612 g/mol. The van der Waals surface area contributed by atoms with Gasteiger partial charge in [0.2, 0.25) is 11.1 Å². The largest absolute Gasteiger partial charge is 0.454 e. The van der Waals surface area contributed by atoms with Crippen molar-refractivity contribution in [2.45, 2.75) is 36.8 Å². The molecule has 13 heteroatoms. The van der Waals surface area contributed by atoms with E-state index in [1.165, 1.54) is 18.2 Å². The number of hydrogen-bond donors (Lipinski definition) is 2. The third-order valence-electron chi connectivity index (χ3n) is 6.30. The molecule has 2 heterocycles. The number of nitrogens with zero attached hydrogens (tertiary/aromatic N) is 3. The number of fused-ring (bicyclic) bond motifs is 1. The predicted molar refractivity (Wildman–Crippen MR) is 149 cm³/mol. The van der Waals surface area contributed by atoms with Crippen molar-refractivity contribution in [3.8, 4) is 6.01 Å². The van der Waals surface area contributed by atoms with Crippen LogP contribution in [0.5, 0.6) is 6.01 Å². The topological polar surface area (TPSA) is 97.2 Å². The van der Waals surface area contributed by atoms with E-state index in [0.29, 0.717) is 28.6 Å². The molecule has 0 aliphatic carbocycles. The zero-order valence-corrected chi connectivity index (χ0v) is 23.4. The van der Waals surface area contributed by atoms with E-state index in [0.717, 1.165) is 36.7 Å². The smallest absolute Gasteiger partial charge is 0.422 e. The van der Waals surface area contributed by atoms with E-state index in [9.17, 15) is 21.8 Å². The Hall–Kier alpha value is -3.19. The molecule has 0 saturated carbocycles. The monoisotopic (exact) mass is 611 g/mol. The second-order valence-corrected chi connectivity index (χ2v) is 11.0. The van der Waals surface area contributed by atoms with Gasteiger partial charge in [0.1, 0.15) is 17.5 Å². The maximum atomic E-state index is 13.3. The van der Waals surface area contributed by atoms with Gasteiger partial charge >= 0.3 is 12.2 Å². The van der Waals surface area contributed by atoms with E-state index in [4.69, 9.17) is 20.9 Å². The molecule has 3 aromatic carbocycles. The number of piperidine rings is 1. The summed E-state index contributed by atoms with van der Waals surface area (Å²) in [6, 6.07) is 16.9. The van der Waals surface area contributed by atoms with E-state index >= 15 is 0 Å². The first-order chi connectivity index (χ1) is 19.6. The third kappa shape index (κ3) is 9.70. The maximum Gasteiger partial charge on any atom is 0.422 e. The second kappa shape index (κ2) is 14.1. The number of nitrogens with one attached hydrogen (secondary N) is 1. The van der Waals surface area contributed by atoms with Crippen molar-refractivity contribution in [3.63, 3.8) is 0 Å². The zero-order valence-electron chi connectivity index (χ0n) is 21.7. The molecule has 1 unspecified atom stereocenters. The molecule has 1 saturated heterocycles. The van der Waals surface area contributed by atoms with Crippen molar-refractivity contribution in [1.29, 1.82) is 0 Å². The number of aromatic nitrogens is 3. The van der Waals surface area contributed by atoms with Gasteiger partial charge in [-0.15, -0.1) is 0 Å². The molecule has 1 aliphatic rings. The number of hydrogen-bond acceptors (Lipinski definition) is 6. The van der Waals surface area contributed by atoms with Gasteiger partial charge in [0.25, 0.3) is 0 Å². The molecule has 0 spiro atoms. The minimum Gasteiger partial charge on any atom is -0.454 e. The Kier molecular flexibility index (Phi) is 10.6. The lowest BCUT2D eigenvalue weighted by Gasteiger charge is -2.22. The lowest BCUT2D eigenvalue weighted by molar-refractivity contribution is -0.154. The number of rotatable bonds is 7. The number of benzene rings is 3. The summed E-state index contributed by atoms with van der Waals surface area (Å²) in [7, 11) is 0. The normalized spacial score (nSPS) is 14.8.